The van der Waals surface area contributed by atoms with E-state index in [1.54, 1.807) is 12.1 Å². The highest BCUT2D eigenvalue weighted by Crippen LogP contribution is 2.25. The molecule has 0 spiro atoms. The maximum atomic E-state index is 13.4. The number of amides is 1. The van der Waals surface area contributed by atoms with Crippen LogP contribution in [0.2, 0.25) is 0 Å². The van der Waals surface area contributed by atoms with Gasteiger partial charge < -0.3 is 4.90 Å². The first-order valence-electron chi connectivity index (χ1n) is 7.94. The number of anilines is 1. The quantitative estimate of drug-likeness (QED) is 0.510. The SMILES string of the molecule is Cc1cc(N2CCC(C(=O)NN)CC2)nc(-c2cccc(F)c2)n1. The molecule has 1 aromatic heterocycles. The van der Waals surface area contributed by atoms with Crippen LogP contribution < -0.4 is 16.2 Å². The van der Waals surface area contributed by atoms with Crippen molar-refractivity contribution >= 4 is 11.7 Å². The van der Waals surface area contributed by atoms with E-state index in [0.717, 1.165) is 37.4 Å². The molecule has 0 bridgehead atoms. The van der Waals surface area contributed by atoms with E-state index < -0.39 is 0 Å². The van der Waals surface area contributed by atoms with E-state index in [-0.39, 0.29) is 17.6 Å². The molecule has 1 fully saturated rings. The number of carbonyl (C=O) groups excluding carboxylic acids is 1. The molecule has 0 radical (unpaired) electrons. The van der Waals surface area contributed by atoms with Crippen LogP contribution in [0.25, 0.3) is 11.4 Å². The fourth-order valence-electron chi connectivity index (χ4n) is 2.96. The van der Waals surface area contributed by atoms with Gasteiger partial charge in [0, 0.05) is 36.3 Å². The summed E-state index contributed by atoms with van der Waals surface area (Å²) in [5.74, 6) is 6.02. The number of halogens is 1. The first-order chi connectivity index (χ1) is 11.6. The molecule has 0 atom stereocenters. The highest BCUT2D eigenvalue weighted by Gasteiger charge is 2.25. The molecule has 0 saturated carbocycles. The third-order valence-electron chi connectivity index (χ3n) is 4.26. The van der Waals surface area contributed by atoms with Crippen LogP contribution in [0.3, 0.4) is 0 Å². The van der Waals surface area contributed by atoms with Crippen molar-refractivity contribution in [2.45, 2.75) is 19.8 Å². The number of hydrazine groups is 1. The van der Waals surface area contributed by atoms with E-state index in [1.807, 2.05) is 13.0 Å². The molecule has 1 aliphatic rings. The number of benzene rings is 1. The van der Waals surface area contributed by atoms with Gasteiger partial charge in [0.1, 0.15) is 11.6 Å². The lowest BCUT2D eigenvalue weighted by atomic mass is 9.96. The van der Waals surface area contributed by atoms with Gasteiger partial charge in [0.05, 0.1) is 0 Å². The first kappa shape index (κ1) is 16.3. The molecule has 24 heavy (non-hydrogen) atoms. The normalized spacial score (nSPS) is 15.4. The highest BCUT2D eigenvalue weighted by atomic mass is 19.1. The highest BCUT2D eigenvalue weighted by molar-refractivity contribution is 5.78. The Balaban J connectivity index is 1.81. The van der Waals surface area contributed by atoms with Crippen LogP contribution in [0.1, 0.15) is 18.5 Å². The fourth-order valence-corrected chi connectivity index (χ4v) is 2.96. The zero-order valence-corrected chi connectivity index (χ0v) is 13.5. The lowest BCUT2D eigenvalue weighted by Gasteiger charge is -2.32. The van der Waals surface area contributed by atoms with Crippen molar-refractivity contribution in [3.8, 4) is 11.4 Å². The number of aromatic nitrogens is 2. The van der Waals surface area contributed by atoms with Crippen LogP contribution in [0.15, 0.2) is 30.3 Å². The van der Waals surface area contributed by atoms with Gasteiger partial charge >= 0.3 is 0 Å². The molecule has 3 rings (SSSR count). The number of nitrogens with two attached hydrogens (primary N) is 1. The maximum absolute atomic E-state index is 13.4. The summed E-state index contributed by atoms with van der Waals surface area (Å²) >= 11 is 0. The second-order valence-corrected chi connectivity index (χ2v) is 5.97. The summed E-state index contributed by atoms with van der Waals surface area (Å²) in [6.45, 7) is 3.33. The largest absolute Gasteiger partial charge is 0.356 e. The van der Waals surface area contributed by atoms with Gasteiger partial charge in [-0.2, -0.15) is 0 Å². The molecule has 7 heteroatoms. The van der Waals surface area contributed by atoms with Gasteiger partial charge in [-0.15, -0.1) is 0 Å². The lowest BCUT2D eigenvalue weighted by Crippen LogP contribution is -2.43. The van der Waals surface area contributed by atoms with Gasteiger partial charge in [-0.05, 0) is 31.9 Å². The Bertz CT molecular complexity index is 744. The standard InChI is InChI=1S/C17H20FN5O/c1-11-9-15(23-7-5-12(6-8-23)17(24)22-19)21-16(20-11)13-3-2-4-14(18)10-13/h2-4,9-10,12H,5-8,19H2,1H3,(H,22,24). The fraction of sp³-hybridized carbons (Fsp3) is 0.353. The Labute approximate surface area is 139 Å². The van der Waals surface area contributed by atoms with Crippen molar-refractivity contribution in [3.63, 3.8) is 0 Å². The number of rotatable bonds is 3. The van der Waals surface area contributed by atoms with Gasteiger partial charge in [-0.1, -0.05) is 12.1 Å². The topological polar surface area (TPSA) is 84.1 Å². The van der Waals surface area contributed by atoms with Gasteiger partial charge in [0.15, 0.2) is 5.82 Å². The molecule has 1 saturated heterocycles. The van der Waals surface area contributed by atoms with Gasteiger partial charge in [-0.25, -0.2) is 20.2 Å². The number of hydrogen-bond acceptors (Lipinski definition) is 5. The second-order valence-electron chi connectivity index (χ2n) is 5.97. The summed E-state index contributed by atoms with van der Waals surface area (Å²) in [5.41, 5.74) is 3.69. The Morgan fingerprint density at radius 2 is 2.04 bits per heavy atom. The van der Waals surface area contributed by atoms with Crippen LogP contribution in [-0.4, -0.2) is 29.0 Å². The number of nitrogens with zero attached hydrogens (tertiary/aromatic N) is 3. The average molecular weight is 329 g/mol. The third kappa shape index (κ3) is 3.51. The summed E-state index contributed by atoms with van der Waals surface area (Å²) in [4.78, 5) is 22.7. The molecule has 0 aliphatic carbocycles. The van der Waals surface area contributed by atoms with Crippen LogP contribution in [0, 0.1) is 18.7 Å². The van der Waals surface area contributed by atoms with Crippen molar-refractivity contribution in [1.82, 2.24) is 15.4 Å². The molecule has 1 amide bonds. The summed E-state index contributed by atoms with van der Waals surface area (Å²) < 4.78 is 13.4. The Morgan fingerprint density at radius 3 is 2.71 bits per heavy atom. The van der Waals surface area contributed by atoms with Crippen LogP contribution in [0.4, 0.5) is 10.2 Å². The average Bonchev–Trinajstić information content (AvgIpc) is 2.60. The van der Waals surface area contributed by atoms with E-state index in [4.69, 9.17) is 5.84 Å². The summed E-state index contributed by atoms with van der Waals surface area (Å²) in [5, 5.41) is 0. The number of piperidine rings is 1. The summed E-state index contributed by atoms with van der Waals surface area (Å²) in [7, 11) is 0. The van der Waals surface area contributed by atoms with Crippen molar-refractivity contribution in [3.05, 3.63) is 41.8 Å². The molecule has 1 aliphatic heterocycles. The minimum Gasteiger partial charge on any atom is -0.356 e. The zero-order chi connectivity index (χ0) is 17.1. The summed E-state index contributed by atoms with van der Waals surface area (Å²) in [6.07, 6.45) is 1.45. The molecule has 2 aromatic rings. The van der Waals surface area contributed by atoms with Crippen molar-refractivity contribution < 1.29 is 9.18 Å². The van der Waals surface area contributed by atoms with E-state index in [2.05, 4.69) is 20.3 Å². The van der Waals surface area contributed by atoms with Crippen LogP contribution in [0.5, 0.6) is 0 Å². The first-order valence-corrected chi connectivity index (χ1v) is 7.94. The number of nitrogens with one attached hydrogen (secondary N) is 1. The van der Waals surface area contributed by atoms with Crippen LogP contribution >= 0.6 is 0 Å². The predicted molar refractivity (Wildman–Crippen MR) is 89.4 cm³/mol. The minimum absolute atomic E-state index is 0.0585. The van der Waals surface area contributed by atoms with Crippen LogP contribution in [-0.2, 0) is 4.79 Å². The Hall–Kier alpha value is -2.54. The zero-order valence-electron chi connectivity index (χ0n) is 13.5. The maximum Gasteiger partial charge on any atom is 0.237 e. The van der Waals surface area contributed by atoms with Gasteiger partial charge in [0.2, 0.25) is 5.91 Å². The number of hydrogen-bond donors (Lipinski definition) is 2. The van der Waals surface area contributed by atoms with Crippen molar-refractivity contribution in [2.75, 3.05) is 18.0 Å². The third-order valence-corrected chi connectivity index (χ3v) is 4.26. The van der Waals surface area contributed by atoms with Crippen molar-refractivity contribution in [1.29, 1.82) is 0 Å². The Kier molecular flexibility index (Phi) is 4.71. The molecule has 3 N–H and O–H groups in total. The van der Waals surface area contributed by atoms with E-state index in [1.165, 1.54) is 12.1 Å². The molecule has 1 aromatic carbocycles. The lowest BCUT2D eigenvalue weighted by molar-refractivity contribution is -0.125. The smallest absolute Gasteiger partial charge is 0.237 e. The van der Waals surface area contributed by atoms with Gasteiger partial charge in [0.25, 0.3) is 0 Å². The number of aryl methyl sites for hydroxylation is 1. The molecule has 0 unspecified atom stereocenters. The summed E-state index contributed by atoms with van der Waals surface area (Å²) in [6, 6.07) is 8.17. The monoisotopic (exact) mass is 329 g/mol. The van der Waals surface area contributed by atoms with Crippen molar-refractivity contribution in [2.24, 2.45) is 11.8 Å². The Morgan fingerprint density at radius 1 is 1.29 bits per heavy atom. The minimum atomic E-state index is -0.312. The molecule has 126 valence electrons. The van der Waals surface area contributed by atoms with E-state index in [0.29, 0.717) is 11.4 Å². The molecule has 2 heterocycles. The molecular weight excluding hydrogens is 309 g/mol. The van der Waals surface area contributed by atoms with Gasteiger partial charge in [-0.3, -0.25) is 10.2 Å². The molecule has 6 nitrogen and oxygen atoms in total. The predicted octanol–water partition coefficient (Wildman–Crippen LogP) is 1.80. The second kappa shape index (κ2) is 6.92. The van der Waals surface area contributed by atoms with E-state index >= 15 is 0 Å². The number of carbonyl (C=O) groups is 1. The molecular formula is C17H20FN5O. The van der Waals surface area contributed by atoms with E-state index in [9.17, 15) is 9.18 Å².